The van der Waals surface area contributed by atoms with Crippen LogP contribution in [-0.2, 0) is 14.8 Å². The molecule has 1 saturated heterocycles. The molecule has 1 saturated carbocycles. The molecule has 1 aliphatic carbocycles. The average molecular weight is 349 g/mol. The lowest BCUT2D eigenvalue weighted by Gasteiger charge is -2.44. The predicted octanol–water partition coefficient (Wildman–Crippen LogP) is 1.67. The molecule has 0 aromatic carbocycles. The van der Waals surface area contributed by atoms with E-state index in [9.17, 15) is 13.2 Å². The fraction of sp³-hybridized carbons (Fsp3) is 0.647. The molecule has 130 valence electrons. The second-order valence-corrected chi connectivity index (χ2v) is 8.85. The van der Waals surface area contributed by atoms with Gasteiger partial charge in [-0.25, -0.2) is 8.42 Å². The molecule has 6 nitrogen and oxygen atoms in total. The van der Waals surface area contributed by atoms with Crippen LogP contribution in [0.5, 0.6) is 0 Å². The van der Waals surface area contributed by atoms with Crippen molar-refractivity contribution in [3.63, 3.8) is 0 Å². The maximum Gasteiger partial charge on any atom is 0.256 e. The monoisotopic (exact) mass is 349 g/mol. The summed E-state index contributed by atoms with van der Waals surface area (Å²) in [5.41, 5.74) is 0.638. The first-order valence-electron chi connectivity index (χ1n) is 8.84. The van der Waals surface area contributed by atoms with Crippen molar-refractivity contribution < 1.29 is 13.2 Å². The molecule has 0 spiro atoms. The Labute approximate surface area is 143 Å². The second kappa shape index (κ2) is 6.02. The summed E-state index contributed by atoms with van der Waals surface area (Å²) in [7, 11) is -3.36. The van der Waals surface area contributed by atoms with Gasteiger partial charge in [-0.15, -0.1) is 4.40 Å². The number of hydrogen-bond acceptors (Lipinski definition) is 4. The minimum atomic E-state index is -3.36. The van der Waals surface area contributed by atoms with Crippen LogP contribution in [0.25, 0.3) is 0 Å². The fourth-order valence-corrected chi connectivity index (χ4v) is 5.34. The average Bonchev–Trinajstić information content (AvgIpc) is 2.59. The number of nitrogens with zero attached hydrogens (tertiary/aromatic N) is 3. The summed E-state index contributed by atoms with van der Waals surface area (Å²) in [5.74, 6) is 1.14. The predicted molar refractivity (Wildman–Crippen MR) is 91.8 cm³/mol. The van der Waals surface area contributed by atoms with Crippen LogP contribution in [0.2, 0.25) is 0 Å². The van der Waals surface area contributed by atoms with Gasteiger partial charge in [0.25, 0.3) is 15.9 Å². The van der Waals surface area contributed by atoms with Crippen molar-refractivity contribution in [2.45, 2.75) is 44.6 Å². The highest BCUT2D eigenvalue weighted by atomic mass is 32.2. The highest BCUT2D eigenvalue weighted by molar-refractivity contribution is 7.90. The van der Waals surface area contributed by atoms with Gasteiger partial charge >= 0.3 is 0 Å². The molecule has 3 aliphatic heterocycles. The summed E-state index contributed by atoms with van der Waals surface area (Å²) in [5, 5.41) is 0. The molecular formula is C17H23N3O3S. The highest BCUT2D eigenvalue weighted by Crippen LogP contribution is 2.36. The molecule has 2 fully saturated rings. The SMILES string of the molecule is O=C(C1=CN2CCS(=O)(=O)N=C2C=C1)N1CCC[C@@H]2CCCC[C@H]21. The number of rotatable bonds is 1. The van der Waals surface area contributed by atoms with E-state index >= 15 is 0 Å². The van der Waals surface area contributed by atoms with Crippen LogP contribution in [0.1, 0.15) is 38.5 Å². The zero-order valence-corrected chi connectivity index (χ0v) is 14.5. The lowest BCUT2D eigenvalue weighted by molar-refractivity contribution is -0.133. The first-order valence-corrected chi connectivity index (χ1v) is 10.4. The van der Waals surface area contributed by atoms with E-state index in [4.69, 9.17) is 0 Å². The first-order chi connectivity index (χ1) is 11.5. The van der Waals surface area contributed by atoms with E-state index < -0.39 is 10.0 Å². The standard InChI is InChI=1S/C17H23N3O3S/c21-17(20-9-3-5-13-4-1-2-6-15(13)20)14-7-8-16-18-24(22,23)11-10-19(16)12-14/h7-8,12-13,15H,1-6,9-11H2/t13-,15+/m0/s1. The van der Waals surface area contributed by atoms with Crippen molar-refractivity contribution in [2.24, 2.45) is 10.3 Å². The van der Waals surface area contributed by atoms with Gasteiger partial charge in [0, 0.05) is 25.3 Å². The summed E-state index contributed by atoms with van der Waals surface area (Å²) in [4.78, 5) is 16.9. The molecular weight excluding hydrogens is 326 g/mol. The molecule has 4 rings (SSSR count). The topological polar surface area (TPSA) is 70.0 Å². The third-order valence-corrected chi connectivity index (χ3v) is 6.74. The number of hydrogen-bond donors (Lipinski definition) is 0. The quantitative estimate of drug-likeness (QED) is 0.722. The summed E-state index contributed by atoms with van der Waals surface area (Å²) < 4.78 is 26.9. The van der Waals surface area contributed by atoms with Gasteiger partial charge in [-0.1, -0.05) is 12.8 Å². The van der Waals surface area contributed by atoms with Crippen LogP contribution in [-0.4, -0.2) is 54.8 Å². The van der Waals surface area contributed by atoms with Crippen molar-refractivity contribution in [1.29, 1.82) is 0 Å². The molecule has 0 N–H and O–H groups in total. The lowest BCUT2D eigenvalue weighted by atomic mass is 9.78. The minimum Gasteiger partial charge on any atom is -0.335 e. The van der Waals surface area contributed by atoms with Crippen molar-refractivity contribution in [2.75, 3.05) is 18.8 Å². The van der Waals surface area contributed by atoms with Gasteiger partial charge in [-0.05, 0) is 43.8 Å². The molecule has 24 heavy (non-hydrogen) atoms. The Morgan fingerprint density at radius 3 is 2.75 bits per heavy atom. The minimum absolute atomic E-state index is 0.00325. The van der Waals surface area contributed by atoms with E-state index in [0.29, 0.717) is 29.9 Å². The zero-order valence-electron chi connectivity index (χ0n) is 13.7. The third-order valence-electron chi connectivity index (χ3n) is 5.57. The maximum atomic E-state index is 13.0. The van der Waals surface area contributed by atoms with Gasteiger partial charge in [0.2, 0.25) is 0 Å². The van der Waals surface area contributed by atoms with Crippen molar-refractivity contribution in [3.8, 4) is 0 Å². The van der Waals surface area contributed by atoms with E-state index in [0.717, 1.165) is 19.4 Å². The highest BCUT2D eigenvalue weighted by Gasteiger charge is 2.37. The van der Waals surface area contributed by atoms with E-state index in [2.05, 4.69) is 9.30 Å². The van der Waals surface area contributed by atoms with Crippen molar-refractivity contribution >= 4 is 21.8 Å². The van der Waals surface area contributed by atoms with Gasteiger partial charge in [0.1, 0.15) is 5.84 Å². The summed E-state index contributed by atoms with van der Waals surface area (Å²) in [6.45, 7) is 1.19. The first kappa shape index (κ1) is 15.9. The Hall–Kier alpha value is -1.63. The number of carbonyl (C=O) groups is 1. The maximum absolute atomic E-state index is 13.0. The second-order valence-electron chi connectivity index (χ2n) is 7.10. The van der Waals surface area contributed by atoms with Gasteiger partial charge < -0.3 is 9.80 Å². The van der Waals surface area contributed by atoms with Gasteiger partial charge in [-0.3, -0.25) is 4.79 Å². The van der Waals surface area contributed by atoms with Crippen LogP contribution < -0.4 is 0 Å². The van der Waals surface area contributed by atoms with Crippen molar-refractivity contribution in [3.05, 3.63) is 23.9 Å². The van der Waals surface area contributed by atoms with E-state index in [1.165, 1.54) is 25.7 Å². The molecule has 3 heterocycles. The lowest BCUT2D eigenvalue weighted by Crippen LogP contribution is -2.50. The van der Waals surface area contributed by atoms with E-state index in [1.54, 1.807) is 23.3 Å². The van der Waals surface area contributed by atoms with Crippen molar-refractivity contribution in [1.82, 2.24) is 9.80 Å². The van der Waals surface area contributed by atoms with Crippen LogP contribution in [0.3, 0.4) is 0 Å². The summed E-state index contributed by atoms with van der Waals surface area (Å²) in [6, 6.07) is 0.381. The molecule has 2 atom stereocenters. The fourth-order valence-electron chi connectivity index (χ4n) is 4.37. The molecule has 4 aliphatic rings. The number of fused-ring (bicyclic) bond motifs is 2. The Balaban J connectivity index is 1.55. The van der Waals surface area contributed by atoms with Gasteiger partial charge in [-0.2, -0.15) is 0 Å². The zero-order chi connectivity index (χ0) is 16.7. The van der Waals surface area contributed by atoms with Crippen LogP contribution in [0.15, 0.2) is 28.3 Å². The molecule has 1 amide bonds. The van der Waals surface area contributed by atoms with Crippen LogP contribution in [0, 0.1) is 5.92 Å². The number of likely N-dealkylation sites (tertiary alicyclic amines) is 1. The van der Waals surface area contributed by atoms with E-state index in [-0.39, 0.29) is 11.7 Å². The molecule has 0 aromatic rings. The molecule has 0 bridgehead atoms. The number of amides is 1. The number of piperidine rings is 1. The summed E-state index contributed by atoms with van der Waals surface area (Å²) in [6.07, 6.45) is 12.3. The van der Waals surface area contributed by atoms with Crippen LogP contribution >= 0.6 is 0 Å². The molecule has 0 radical (unpaired) electrons. The number of sulfonamides is 1. The van der Waals surface area contributed by atoms with Gasteiger partial charge in [0.05, 0.1) is 11.3 Å². The molecule has 7 heteroatoms. The molecule has 0 unspecified atom stereocenters. The Kier molecular flexibility index (Phi) is 3.98. The molecule has 0 aromatic heterocycles. The largest absolute Gasteiger partial charge is 0.335 e. The Bertz CT molecular complexity index is 736. The smallest absolute Gasteiger partial charge is 0.256 e. The summed E-state index contributed by atoms with van der Waals surface area (Å²) >= 11 is 0. The number of carbonyl (C=O) groups excluding carboxylic acids is 1. The van der Waals surface area contributed by atoms with Crippen LogP contribution in [0.4, 0.5) is 0 Å². The number of amidine groups is 1. The van der Waals surface area contributed by atoms with Gasteiger partial charge in [0.15, 0.2) is 0 Å². The Morgan fingerprint density at radius 1 is 1.08 bits per heavy atom. The van der Waals surface area contributed by atoms with E-state index in [1.807, 2.05) is 0 Å². The Morgan fingerprint density at radius 2 is 1.88 bits per heavy atom. The normalized spacial score (nSPS) is 31.7. The third kappa shape index (κ3) is 2.90.